The highest BCUT2D eigenvalue weighted by molar-refractivity contribution is 5.95. The van der Waals surface area contributed by atoms with Gasteiger partial charge in [-0.15, -0.1) is 0 Å². The van der Waals surface area contributed by atoms with Gasteiger partial charge < -0.3 is 4.74 Å². The molecule has 1 aromatic heterocycles. The Morgan fingerprint density at radius 2 is 2.00 bits per heavy atom. The van der Waals surface area contributed by atoms with Gasteiger partial charge in [-0.25, -0.2) is 4.79 Å². The minimum atomic E-state index is -0.500. The molecule has 2 aromatic rings. The summed E-state index contributed by atoms with van der Waals surface area (Å²) in [6.07, 6.45) is 1.49. The van der Waals surface area contributed by atoms with E-state index in [1.165, 1.54) is 6.20 Å². The maximum absolute atomic E-state index is 11.6. The molecule has 1 aromatic carbocycles. The monoisotopic (exact) mass is 277 g/mol. The summed E-state index contributed by atoms with van der Waals surface area (Å²) >= 11 is 0. The van der Waals surface area contributed by atoms with Crippen molar-refractivity contribution in [3.05, 3.63) is 52.2 Å². The SMILES string of the molecule is CCOC(=O)c1cn[nH]c1-c1ccccc1.C[N+](=O)[O-]. The van der Waals surface area contributed by atoms with E-state index < -0.39 is 4.92 Å². The van der Waals surface area contributed by atoms with Crippen LogP contribution in [0, 0.1) is 10.1 Å². The molecular formula is C13H15N3O4. The van der Waals surface area contributed by atoms with Gasteiger partial charge in [0.2, 0.25) is 0 Å². The second-order valence-electron chi connectivity index (χ2n) is 3.68. The fraction of sp³-hybridized carbons (Fsp3) is 0.231. The third-order valence-electron chi connectivity index (χ3n) is 2.20. The van der Waals surface area contributed by atoms with Gasteiger partial charge in [0.15, 0.2) is 7.05 Å². The maximum atomic E-state index is 11.6. The molecule has 7 heteroatoms. The lowest BCUT2D eigenvalue weighted by Gasteiger charge is -2.02. The Morgan fingerprint density at radius 1 is 1.40 bits per heavy atom. The number of benzene rings is 1. The lowest BCUT2D eigenvalue weighted by atomic mass is 10.1. The summed E-state index contributed by atoms with van der Waals surface area (Å²) in [6.45, 7) is 2.14. The second kappa shape index (κ2) is 7.67. The fourth-order valence-corrected chi connectivity index (χ4v) is 1.47. The van der Waals surface area contributed by atoms with Gasteiger partial charge in [0, 0.05) is 10.5 Å². The molecule has 0 saturated carbocycles. The molecule has 0 aliphatic heterocycles. The number of esters is 1. The molecule has 0 aliphatic carbocycles. The van der Waals surface area contributed by atoms with Gasteiger partial charge in [0.05, 0.1) is 18.5 Å². The summed E-state index contributed by atoms with van der Waals surface area (Å²) in [5, 5.41) is 15.5. The van der Waals surface area contributed by atoms with E-state index in [-0.39, 0.29) is 5.97 Å². The highest BCUT2D eigenvalue weighted by Gasteiger charge is 2.15. The predicted octanol–water partition coefficient (Wildman–Crippen LogP) is 2.15. The molecule has 20 heavy (non-hydrogen) atoms. The number of H-pyrrole nitrogens is 1. The third-order valence-corrected chi connectivity index (χ3v) is 2.20. The first-order valence-electron chi connectivity index (χ1n) is 5.90. The van der Waals surface area contributed by atoms with E-state index >= 15 is 0 Å². The van der Waals surface area contributed by atoms with Crippen LogP contribution in [0.4, 0.5) is 0 Å². The highest BCUT2D eigenvalue weighted by atomic mass is 16.6. The van der Waals surface area contributed by atoms with Crippen molar-refractivity contribution >= 4 is 5.97 Å². The number of hydrogen-bond acceptors (Lipinski definition) is 5. The number of rotatable bonds is 3. The standard InChI is InChI=1S/C12H12N2O2.CH3NO2/c1-2-16-12(15)10-8-13-14-11(10)9-6-4-3-5-7-9;1-2(3)4/h3-8H,2H2,1H3,(H,13,14);1H3. The maximum Gasteiger partial charge on any atom is 0.341 e. The molecule has 0 bridgehead atoms. The van der Waals surface area contributed by atoms with Crippen LogP contribution < -0.4 is 0 Å². The van der Waals surface area contributed by atoms with E-state index in [2.05, 4.69) is 10.2 Å². The molecule has 0 saturated heterocycles. The van der Waals surface area contributed by atoms with Crippen molar-refractivity contribution in [2.24, 2.45) is 0 Å². The Bertz CT molecular complexity index is 562. The third kappa shape index (κ3) is 4.52. The molecule has 2 rings (SSSR count). The van der Waals surface area contributed by atoms with Gasteiger partial charge in [-0.05, 0) is 6.92 Å². The van der Waals surface area contributed by atoms with Crippen LogP contribution in [-0.2, 0) is 4.74 Å². The van der Waals surface area contributed by atoms with Crippen LogP contribution in [-0.4, -0.2) is 34.7 Å². The number of aromatic amines is 1. The van der Waals surface area contributed by atoms with Crippen LogP contribution in [0.5, 0.6) is 0 Å². The lowest BCUT2D eigenvalue weighted by Crippen LogP contribution is -2.04. The highest BCUT2D eigenvalue weighted by Crippen LogP contribution is 2.20. The molecule has 0 fully saturated rings. The average Bonchev–Trinajstić information content (AvgIpc) is 2.88. The molecule has 1 heterocycles. The first-order chi connectivity index (χ1) is 9.56. The Balaban J connectivity index is 0.000000444. The fourth-order valence-electron chi connectivity index (χ4n) is 1.47. The first-order valence-corrected chi connectivity index (χ1v) is 5.90. The smallest absolute Gasteiger partial charge is 0.341 e. The van der Waals surface area contributed by atoms with Crippen LogP contribution >= 0.6 is 0 Å². The minimum absolute atomic E-state index is 0.352. The first kappa shape index (κ1) is 15.4. The summed E-state index contributed by atoms with van der Waals surface area (Å²) in [5.41, 5.74) is 2.08. The molecule has 106 valence electrons. The molecule has 7 nitrogen and oxygen atoms in total. The number of aromatic nitrogens is 2. The van der Waals surface area contributed by atoms with Gasteiger partial charge in [-0.3, -0.25) is 15.2 Å². The van der Waals surface area contributed by atoms with E-state index in [4.69, 9.17) is 14.9 Å². The number of carbonyl (C=O) groups is 1. The number of nitrogens with one attached hydrogen (secondary N) is 1. The average molecular weight is 277 g/mol. The van der Waals surface area contributed by atoms with E-state index in [1.807, 2.05) is 30.3 Å². The van der Waals surface area contributed by atoms with Gasteiger partial charge in [0.1, 0.15) is 5.56 Å². The van der Waals surface area contributed by atoms with Crippen molar-refractivity contribution in [1.82, 2.24) is 10.2 Å². The Hall–Kier alpha value is -2.70. The molecular weight excluding hydrogens is 262 g/mol. The van der Waals surface area contributed by atoms with Crippen LogP contribution in [0.25, 0.3) is 11.3 Å². The largest absolute Gasteiger partial charge is 0.462 e. The Morgan fingerprint density at radius 3 is 2.55 bits per heavy atom. The molecule has 0 radical (unpaired) electrons. The summed E-state index contributed by atoms with van der Waals surface area (Å²) in [6, 6.07) is 9.56. The van der Waals surface area contributed by atoms with E-state index in [1.54, 1.807) is 6.92 Å². The van der Waals surface area contributed by atoms with Crippen molar-refractivity contribution in [3.63, 3.8) is 0 Å². The van der Waals surface area contributed by atoms with Gasteiger partial charge in [-0.1, -0.05) is 30.3 Å². The van der Waals surface area contributed by atoms with E-state index in [0.29, 0.717) is 17.9 Å². The van der Waals surface area contributed by atoms with Gasteiger partial charge >= 0.3 is 5.97 Å². The second-order valence-corrected chi connectivity index (χ2v) is 3.68. The van der Waals surface area contributed by atoms with Crippen molar-refractivity contribution in [3.8, 4) is 11.3 Å². The van der Waals surface area contributed by atoms with Gasteiger partial charge in [-0.2, -0.15) is 5.10 Å². The summed E-state index contributed by atoms with van der Waals surface area (Å²) in [7, 11) is 0.889. The lowest BCUT2D eigenvalue weighted by molar-refractivity contribution is -0.445. The number of ether oxygens (including phenoxy) is 1. The minimum Gasteiger partial charge on any atom is -0.462 e. The molecule has 0 spiro atoms. The van der Waals surface area contributed by atoms with E-state index in [0.717, 1.165) is 12.6 Å². The molecule has 1 N–H and O–H groups in total. The number of nitrogens with zero attached hydrogens (tertiary/aromatic N) is 2. The quantitative estimate of drug-likeness (QED) is 0.526. The van der Waals surface area contributed by atoms with Crippen molar-refractivity contribution in [2.75, 3.05) is 13.7 Å². The van der Waals surface area contributed by atoms with Crippen molar-refractivity contribution in [1.29, 1.82) is 0 Å². The predicted molar refractivity (Wildman–Crippen MR) is 72.9 cm³/mol. The Labute approximate surface area is 115 Å². The normalized spacial score (nSPS) is 9.30. The van der Waals surface area contributed by atoms with Crippen LogP contribution in [0.3, 0.4) is 0 Å². The molecule has 0 amide bonds. The summed E-state index contributed by atoms with van der Waals surface area (Å²) in [4.78, 5) is 19.9. The number of nitro groups is 1. The number of carbonyl (C=O) groups excluding carboxylic acids is 1. The van der Waals surface area contributed by atoms with E-state index in [9.17, 15) is 4.79 Å². The number of hydrogen-bond donors (Lipinski definition) is 1. The van der Waals surface area contributed by atoms with Crippen LogP contribution in [0.1, 0.15) is 17.3 Å². The van der Waals surface area contributed by atoms with Crippen LogP contribution in [0.2, 0.25) is 0 Å². The molecule has 0 aliphatic rings. The Kier molecular flexibility index (Phi) is 5.89. The van der Waals surface area contributed by atoms with Gasteiger partial charge in [0.25, 0.3) is 0 Å². The van der Waals surface area contributed by atoms with Crippen LogP contribution in [0.15, 0.2) is 36.5 Å². The summed E-state index contributed by atoms with van der Waals surface area (Å²) < 4.78 is 4.95. The zero-order chi connectivity index (χ0) is 15.0. The zero-order valence-electron chi connectivity index (χ0n) is 11.2. The molecule has 0 atom stereocenters. The zero-order valence-corrected chi connectivity index (χ0v) is 11.2. The topological polar surface area (TPSA) is 98.1 Å². The van der Waals surface area contributed by atoms with Crippen molar-refractivity contribution in [2.45, 2.75) is 6.92 Å². The van der Waals surface area contributed by atoms with Crippen molar-refractivity contribution < 1.29 is 14.5 Å². The summed E-state index contributed by atoms with van der Waals surface area (Å²) in [5.74, 6) is -0.352. The molecule has 0 unspecified atom stereocenters.